The van der Waals surface area contributed by atoms with Gasteiger partial charge in [-0.25, -0.2) is 14.8 Å². The first kappa shape index (κ1) is 23.0. The van der Waals surface area contributed by atoms with Gasteiger partial charge in [-0.15, -0.1) is 11.3 Å². The van der Waals surface area contributed by atoms with Gasteiger partial charge in [0.2, 0.25) is 5.91 Å². The highest BCUT2D eigenvalue weighted by Crippen LogP contribution is 2.19. The molecule has 12 heteroatoms. The number of pyridine rings is 1. The molecule has 4 aromatic rings. The number of nitrogens with one attached hydrogen (secondary N) is 1. The molecule has 1 aliphatic heterocycles. The number of hydrogen-bond acceptors (Lipinski definition) is 8. The van der Waals surface area contributed by atoms with Gasteiger partial charge in [0, 0.05) is 51.7 Å². The lowest BCUT2D eigenvalue weighted by Crippen LogP contribution is -2.45. The summed E-state index contributed by atoms with van der Waals surface area (Å²) in [6, 6.07) is 7.99. The van der Waals surface area contributed by atoms with Gasteiger partial charge in [0.05, 0.1) is 18.2 Å². The number of aromatic nitrogens is 5. The molecule has 4 aromatic heterocycles. The highest BCUT2D eigenvalue weighted by molar-refractivity contribution is 7.09. The Kier molecular flexibility index (Phi) is 6.22. The summed E-state index contributed by atoms with van der Waals surface area (Å²) < 4.78 is 3.73. The van der Waals surface area contributed by atoms with E-state index in [2.05, 4.69) is 42.6 Å². The first-order valence-electron chi connectivity index (χ1n) is 11.3. The average Bonchev–Trinajstić information content (AvgIpc) is 3.52. The molecule has 5 rings (SSSR count). The van der Waals surface area contributed by atoms with Crippen LogP contribution in [0.5, 0.6) is 0 Å². The van der Waals surface area contributed by atoms with E-state index in [1.54, 1.807) is 23.6 Å². The largest absolute Gasteiger partial charge is 0.368 e. The van der Waals surface area contributed by atoms with Crippen molar-refractivity contribution in [2.45, 2.75) is 13.1 Å². The topological polar surface area (TPSA) is 110 Å². The number of anilines is 2. The lowest BCUT2D eigenvalue weighted by atomic mass is 10.2. The molecule has 0 radical (unpaired) electrons. The molecule has 0 aromatic carbocycles. The molecular formula is C23H26N8O3S. The summed E-state index contributed by atoms with van der Waals surface area (Å²) >= 11 is 1.79. The van der Waals surface area contributed by atoms with E-state index < -0.39 is 11.2 Å². The van der Waals surface area contributed by atoms with Crippen molar-refractivity contribution in [3.05, 3.63) is 67.9 Å². The molecule has 11 nitrogen and oxygen atoms in total. The monoisotopic (exact) mass is 494 g/mol. The van der Waals surface area contributed by atoms with E-state index in [1.807, 2.05) is 6.07 Å². The molecule has 0 saturated carbocycles. The lowest BCUT2D eigenvalue weighted by molar-refractivity contribution is -0.116. The first-order chi connectivity index (χ1) is 16.9. The number of hydrogen-bond donors (Lipinski definition) is 1. The van der Waals surface area contributed by atoms with E-state index in [9.17, 15) is 14.4 Å². The van der Waals surface area contributed by atoms with Gasteiger partial charge in [0.25, 0.3) is 5.56 Å². The van der Waals surface area contributed by atoms with Crippen LogP contribution in [-0.2, 0) is 32.0 Å². The maximum absolute atomic E-state index is 12.6. The fourth-order valence-electron chi connectivity index (χ4n) is 4.29. The van der Waals surface area contributed by atoms with Crippen molar-refractivity contribution >= 4 is 39.9 Å². The van der Waals surface area contributed by atoms with Gasteiger partial charge in [-0.3, -0.25) is 23.6 Å². The number of piperazine rings is 1. The molecule has 182 valence electrons. The first-order valence-corrected chi connectivity index (χ1v) is 12.1. The summed E-state index contributed by atoms with van der Waals surface area (Å²) in [6.07, 6.45) is 3.16. The van der Waals surface area contributed by atoms with Crippen LogP contribution in [0.1, 0.15) is 4.88 Å². The van der Waals surface area contributed by atoms with Gasteiger partial charge < -0.3 is 14.8 Å². The maximum Gasteiger partial charge on any atom is 0.332 e. The number of amides is 1. The maximum atomic E-state index is 12.6. The zero-order valence-electron chi connectivity index (χ0n) is 19.5. The number of aryl methyl sites for hydroxylation is 1. The zero-order chi connectivity index (χ0) is 24.5. The molecule has 0 atom stereocenters. The Hall–Kier alpha value is -3.77. The smallest absolute Gasteiger partial charge is 0.332 e. The minimum atomic E-state index is -0.494. The van der Waals surface area contributed by atoms with Crippen molar-refractivity contribution in [2.24, 2.45) is 14.1 Å². The van der Waals surface area contributed by atoms with Crippen LogP contribution in [0, 0.1) is 0 Å². The summed E-state index contributed by atoms with van der Waals surface area (Å²) in [5.41, 5.74) is 0.496. The van der Waals surface area contributed by atoms with Gasteiger partial charge in [-0.05, 0) is 23.6 Å². The lowest BCUT2D eigenvalue weighted by Gasteiger charge is -2.35. The molecule has 1 saturated heterocycles. The SMILES string of the molecule is Cn1c(=O)c2c(ncn2CC(=O)Nc2ccc(N3CCN(Cc4cccs4)CC3)cn2)n(C)c1=O. The van der Waals surface area contributed by atoms with Crippen LogP contribution in [0.4, 0.5) is 11.5 Å². The Morgan fingerprint density at radius 2 is 1.86 bits per heavy atom. The summed E-state index contributed by atoms with van der Waals surface area (Å²) in [4.78, 5) is 51.9. The molecule has 1 N–H and O–H groups in total. The van der Waals surface area contributed by atoms with Gasteiger partial charge in [0.1, 0.15) is 12.4 Å². The van der Waals surface area contributed by atoms with Crippen molar-refractivity contribution in [3.8, 4) is 0 Å². The molecule has 1 aliphatic rings. The van der Waals surface area contributed by atoms with Crippen LogP contribution < -0.4 is 21.5 Å². The third-order valence-corrected chi connectivity index (χ3v) is 7.10. The van der Waals surface area contributed by atoms with Crippen molar-refractivity contribution in [1.29, 1.82) is 0 Å². The van der Waals surface area contributed by atoms with Crippen molar-refractivity contribution in [1.82, 2.24) is 28.6 Å². The molecule has 0 unspecified atom stereocenters. The molecule has 0 spiro atoms. The molecule has 1 amide bonds. The minimum Gasteiger partial charge on any atom is -0.368 e. The normalized spacial score (nSPS) is 14.5. The van der Waals surface area contributed by atoms with Crippen LogP contribution in [0.3, 0.4) is 0 Å². The second kappa shape index (κ2) is 9.47. The van der Waals surface area contributed by atoms with Crippen LogP contribution in [0.25, 0.3) is 11.2 Å². The van der Waals surface area contributed by atoms with Gasteiger partial charge >= 0.3 is 5.69 Å². The van der Waals surface area contributed by atoms with E-state index >= 15 is 0 Å². The summed E-state index contributed by atoms with van der Waals surface area (Å²) in [6.45, 7) is 4.68. The van der Waals surface area contributed by atoms with E-state index in [-0.39, 0.29) is 23.6 Å². The quantitative estimate of drug-likeness (QED) is 0.423. The second-order valence-electron chi connectivity index (χ2n) is 8.54. The number of nitrogens with zero attached hydrogens (tertiary/aromatic N) is 7. The molecule has 0 bridgehead atoms. The van der Waals surface area contributed by atoms with E-state index in [0.29, 0.717) is 5.82 Å². The van der Waals surface area contributed by atoms with E-state index in [1.165, 1.54) is 34.4 Å². The Morgan fingerprint density at radius 3 is 2.54 bits per heavy atom. The fraction of sp³-hybridized carbons (Fsp3) is 0.348. The fourth-order valence-corrected chi connectivity index (χ4v) is 5.03. The summed E-state index contributed by atoms with van der Waals surface area (Å²) in [5.74, 6) is 0.0856. The average molecular weight is 495 g/mol. The van der Waals surface area contributed by atoms with Crippen LogP contribution >= 0.6 is 11.3 Å². The number of fused-ring (bicyclic) bond motifs is 1. The third-order valence-electron chi connectivity index (χ3n) is 6.24. The number of carbonyl (C=O) groups is 1. The van der Waals surface area contributed by atoms with Gasteiger partial charge in [0.15, 0.2) is 11.2 Å². The molecular weight excluding hydrogens is 468 g/mol. The Morgan fingerprint density at radius 1 is 1.06 bits per heavy atom. The molecule has 0 aliphatic carbocycles. The third kappa shape index (κ3) is 4.62. The van der Waals surface area contributed by atoms with Crippen molar-refractivity contribution < 1.29 is 4.79 Å². The van der Waals surface area contributed by atoms with Crippen LogP contribution in [0.15, 0.2) is 51.8 Å². The molecule has 35 heavy (non-hydrogen) atoms. The van der Waals surface area contributed by atoms with Crippen molar-refractivity contribution in [2.75, 3.05) is 36.4 Å². The van der Waals surface area contributed by atoms with E-state index in [4.69, 9.17) is 0 Å². The summed E-state index contributed by atoms with van der Waals surface area (Å²) in [7, 11) is 2.94. The predicted molar refractivity (Wildman–Crippen MR) is 135 cm³/mol. The number of imidazole rings is 1. The highest BCUT2D eigenvalue weighted by Gasteiger charge is 2.19. The highest BCUT2D eigenvalue weighted by atomic mass is 32.1. The van der Waals surface area contributed by atoms with E-state index in [0.717, 1.165) is 43.0 Å². The van der Waals surface area contributed by atoms with Crippen LogP contribution in [0.2, 0.25) is 0 Å². The Labute approximate surface area is 204 Å². The Bertz CT molecular complexity index is 1460. The number of rotatable bonds is 6. The standard InChI is InChI=1S/C23H26N8O3S/c1-27-21-20(22(33)28(2)23(27)34)31(15-25-21)14-19(32)26-18-6-5-16(12-24-18)30-9-7-29(8-10-30)13-17-4-3-11-35-17/h3-6,11-12,15H,7-10,13-14H2,1-2H3,(H,24,26,32). The number of thiophene rings is 1. The second-order valence-corrected chi connectivity index (χ2v) is 9.58. The predicted octanol–water partition coefficient (Wildman–Crippen LogP) is 0.851. The molecule has 5 heterocycles. The van der Waals surface area contributed by atoms with Crippen molar-refractivity contribution in [3.63, 3.8) is 0 Å². The minimum absolute atomic E-state index is 0.125. The van der Waals surface area contributed by atoms with Gasteiger partial charge in [-0.1, -0.05) is 6.07 Å². The van der Waals surface area contributed by atoms with Crippen LogP contribution in [-0.4, -0.2) is 60.7 Å². The Balaban J connectivity index is 1.20. The summed E-state index contributed by atoms with van der Waals surface area (Å²) in [5, 5.41) is 4.88. The molecule has 1 fully saturated rings. The van der Waals surface area contributed by atoms with Gasteiger partial charge in [-0.2, -0.15) is 0 Å². The number of carbonyl (C=O) groups excluding carboxylic acids is 1. The zero-order valence-corrected chi connectivity index (χ0v) is 20.4.